The van der Waals surface area contributed by atoms with Crippen LogP contribution < -0.4 is 16.2 Å². The molecule has 3 N–H and O–H groups in total. The van der Waals surface area contributed by atoms with Crippen LogP contribution in [0.1, 0.15) is 24.0 Å². The van der Waals surface area contributed by atoms with Gasteiger partial charge in [0.15, 0.2) is 5.82 Å². The lowest BCUT2D eigenvalue weighted by Gasteiger charge is -2.05. The number of nitrogens with zero attached hydrogens (tertiary/aromatic N) is 3. The molecule has 1 aliphatic carbocycles. The molecule has 0 bridgehead atoms. The zero-order chi connectivity index (χ0) is 17.8. The minimum Gasteiger partial charge on any atom is -0.334 e. The highest BCUT2D eigenvalue weighted by molar-refractivity contribution is 5.91. The monoisotopic (exact) mass is 340 g/mol. The molecule has 1 fully saturated rings. The normalized spacial score (nSPS) is 13.7. The van der Waals surface area contributed by atoms with Gasteiger partial charge in [-0.1, -0.05) is 17.2 Å². The predicted molar refractivity (Wildman–Crippen MR) is 93.1 cm³/mol. The Balaban J connectivity index is 1.55. The summed E-state index contributed by atoms with van der Waals surface area (Å²) >= 11 is 0. The van der Waals surface area contributed by atoms with Crippen molar-refractivity contribution in [1.82, 2.24) is 30.9 Å². The van der Waals surface area contributed by atoms with Crippen molar-refractivity contribution in [2.24, 2.45) is 0 Å². The molecular weight excluding hydrogens is 320 g/mol. The molecule has 1 aliphatic rings. The van der Waals surface area contributed by atoms with E-state index in [2.05, 4.69) is 32.3 Å². The Hall–Kier alpha value is -3.16. The average molecular weight is 340 g/mol. The van der Waals surface area contributed by atoms with Crippen molar-refractivity contribution in [3.8, 4) is 11.4 Å². The first kappa shape index (κ1) is 16.7. The summed E-state index contributed by atoms with van der Waals surface area (Å²) < 4.78 is 1.44. The van der Waals surface area contributed by atoms with Crippen LogP contribution in [0.4, 0.5) is 4.79 Å². The summed E-state index contributed by atoms with van der Waals surface area (Å²) in [6.07, 6.45) is 6.21. The maximum Gasteiger partial charge on any atom is 0.333 e. The van der Waals surface area contributed by atoms with Crippen molar-refractivity contribution in [2.75, 3.05) is 0 Å². The number of urea groups is 1. The molecule has 0 atom stereocenters. The molecule has 0 spiro atoms. The molecule has 0 saturated heterocycles. The molecule has 1 aromatic heterocycles. The summed E-state index contributed by atoms with van der Waals surface area (Å²) in [7, 11) is 0. The number of nitrogens with one attached hydrogen (secondary N) is 3. The Bertz CT molecular complexity index is 802. The fraction of sp³-hybridized carbons (Fsp3) is 0.294. The Morgan fingerprint density at radius 3 is 2.56 bits per heavy atom. The third kappa shape index (κ3) is 4.90. The van der Waals surface area contributed by atoms with Crippen LogP contribution in [0.2, 0.25) is 0 Å². The van der Waals surface area contributed by atoms with Gasteiger partial charge < -0.3 is 5.32 Å². The molecule has 25 heavy (non-hydrogen) atoms. The van der Waals surface area contributed by atoms with Crippen molar-refractivity contribution in [3.05, 3.63) is 41.7 Å². The van der Waals surface area contributed by atoms with Gasteiger partial charge in [-0.25, -0.2) is 19.9 Å². The van der Waals surface area contributed by atoms with E-state index in [0.717, 1.165) is 29.5 Å². The van der Waals surface area contributed by atoms with Gasteiger partial charge in [0.25, 0.3) is 5.91 Å². The maximum atomic E-state index is 11.7. The first-order valence-corrected chi connectivity index (χ1v) is 8.04. The summed E-state index contributed by atoms with van der Waals surface area (Å²) in [5.41, 5.74) is 7.77. The number of hydrazine groups is 1. The molecule has 2 aromatic rings. The van der Waals surface area contributed by atoms with Gasteiger partial charge >= 0.3 is 6.03 Å². The number of carbonyl (C=O) groups excluding carboxylic acids is 2. The van der Waals surface area contributed by atoms with Crippen molar-refractivity contribution >= 4 is 18.1 Å². The summed E-state index contributed by atoms with van der Waals surface area (Å²) in [5, 5.41) is 7.01. The topological polar surface area (TPSA) is 101 Å². The number of rotatable bonds is 4. The number of hydrogen-bond acceptors (Lipinski definition) is 4. The van der Waals surface area contributed by atoms with E-state index in [-0.39, 0.29) is 6.04 Å². The number of carbonyl (C=O) groups is 2. The van der Waals surface area contributed by atoms with Gasteiger partial charge in [-0.3, -0.25) is 10.2 Å². The molecule has 1 saturated carbocycles. The van der Waals surface area contributed by atoms with Crippen LogP contribution in [0.5, 0.6) is 0 Å². The van der Waals surface area contributed by atoms with Crippen LogP contribution >= 0.6 is 0 Å². The van der Waals surface area contributed by atoms with Gasteiger partial charge in [0.05, 0.1) is 0 Å². The van der Waals surface area contributed by atoms with E-state index >= 15 is 0 Å². The smallest absolute Gasteiger partial charge is 0.333 e. The van der Waals surface area contributed by atoms with Crippen molar-refractivity contribution in [2.45, 2.75) is 32.7 Å². The number of hydrogen-bond donors (Lipinski definition) is 3. The van der Waals surface area contributed by atoms with Crippen LogP contribution in [-0.4, -0.2) is 32.7 Å². The Labute approximate surface area is 145 Å². The highest BCUT2D eigenvalue weighted by atomic mass is 16.2. The van der Waals surface area contributed by atoms with E-state index in [1.54, 1.807) is 0 Å². The van der Waals surface area contributed by atoms with Crippen LogP contribution in [0.25, 0.3) is 17.6 Å². The van der Waals surface area contributed by atoms with Gasteiger partial charge in [-0.2, -0.15) is 0 Å². The lowest BCUT2D eigenvalue weighted by atomic mass is 10.1. The maximum absolute atomic E-state index is 11.7. The molecule has 3 amide bonds. The lowest BCUT2D eigenvalue weighted by molar-refractivity contribution is -0.117. The van der Waals surface area contributed by atoms with Gasteiger partial charge in [0.1, 0.15) is 6.33 Å². The second kappa shape index (κ2) is 7.16. The Morgan fingerprint density at radius 1 is 1.16 bits per heavy atom. The second-order valence-corrected chi connectivity index (χ2v) is 6.10. The lowest BCUT2D eigenvalue weighted by Crippen LogP contribution is -2.47. The second-order valence-electron chi connectivity index (χ2n) is 6.10. The fourth-order valence-corrected chi connectivity index (χ4v) is 2.34. The zero-order valence-electron chi connectivity index (χ0n) is 14.1. The molecular formula is C17H20N6O2. The van der Waals surface area contributed by atoms with Crippen LogP contribution in [0.3, 0.4) is 0 Å². The minimum absolute atomic E-state index is 0.228. The fourth-order valence-electron chi connectivity index (χ4n) is 2.34. The van der Waals surface area contributed by atoms with E-state index in [4.69, 9.17) is 0 Å². The molecule has 0 aliphatic heterocycles. The van der Waals surface area contributed by atoms with E-state index in [1.165, 1.54) is 23.3 Å². The molecule has 1 heterocycles. The van der Waals surface area contributed by atoms with E-state index in [0.29, 0.717) is 5.82 Å². The molecule has 130 valence electrons. The van der Waals surface area contributed by atoms with Crippen molar-refractivity contribution < 1.29 is 9.59 Å². The minimum atomic E-state index is -0.464. The molecule has 3 rings (SSSR count). The summed E-state index contributed by atoms with van der Waals surface area (Å²) in [5.74, 6) is 0.119. The number of aryl methyl sites for hydroxylation is 2. The summed E-state index contributed by atoms with van der Waals surface area (Å²) in [4.78, 5) is 27.3. The van der Waals surface area contributed by atoms with Crippen molar-refractivity contribution in [1.29, 1.82) is 0 Å². The SMILES string of the molecule is Cc1cc(C)cc(-c2ncn(/C=C\C(=O)NNC(=O)NC3CC3)n2)c1. The quantitative estimate of drug-likeness (QED) is 0.580. The van der Waals surface area contributed by atoms with Gasteiger partial charge in [0.2, 0.25) is 0 Å². The van der Waals surface area contributed by atoms with Crippen LogP contribution in [-0.2, 0) is 4.79 Å². The molecule has 8 heteroatoms. The van der Waals surface area contributed by atoms with Crippen molar-refractivity contribution in [3.63, 3.8) is 0 Å². The Kier molecular flexibility index (Phi) is 4.78. The highest BCUT2D eigenvalue weighted by Crippen LogP contribution is 2.18. The van der Waals surface area contributed by atoms with Gasteiger partial charge in [-0.05, 0) is 38.8 Å². The summed E-state index contributed by atoms with van der Waals surface area (Å²) in [6, 6.07) is 5.90. The largest absolute Gasteiger partial charge is 0.334 e. The van der Waals surface area contributed by atoms with E-state index in [1.807, 2.05) is 26.0 Å². The van der Waals surface area contributed by atoms with Gasteiger partial charge in [-0.15, -0.1) is 5.10 Å². The predicted octanol–water partition coefficient (Wildman–Crippen LogP) is 1.53. The first-order valence-electron chi connectivity index (χ1n) is 8.04. The highest BCUT2D eigenvalue weighted by Gasteiger charge is 2.23. The molecule has 8 nitrogen and oxygen atoms in total. The van der Waals surface area contributed by atoms with E-state index in [9.17, 15) is 9.59 Å². The third-order valence-electron chi connectivity index (χ3n) is 3.58. The standard InChI is InChI=1S/C17H20N6O2/c1-11-7-12(2)9-13(8-11)16-18-10-23(22-16)6-5-15(24)20-21-17(25)19-14-3-4-14/h5-10,14H,3-4H2,1-2H3,(H,20,24)(H2,19,21,25)/b6-5-. The molecule has 0 radical (unpaired) electrons. The number of amides is 3. The number of benzene rings is 1. The average Bonchev–Trinajstić information content (AvgIpc) is 3.23. The zero-order valence-corrected chi connectivity index (χ0v) is 14.1. The third-order valence-corrected chi connectivity index (χ3v) is 3.58. The molecule has 1 aromatic carbocycles. The number of aromatic nitrogens is 3. The van der Waals surface area contributed by atoms with Crippen LogP contribution in [0.15, 0.2) is 30.6 Å². The van der Waals surface area contributed by atoms with Gasteiger partial charge in [0, 0.05) is 23.9 Å². The van der Waals surface area contributed by atoms with Crippen LogP contribution in [0, 0.1) is 13.8 Å². The summed E-state index contributed by atoms with van der Waals surface area (Å²) in [6.45, 7) is 4.04. The Morgan fingerprint density at radius 2 is 1.88 bits per heavy atom. The molecule has 0 unspecified atom stereocenters. The van der Waals surface area contributed by atoms with E-state index < -0.39 is 11.9 Å². The first-order chi connectivity index (χ1) is 12.0.